The molecule has 21 heavy (non-hydrogen) atoms. The maximum atomic E-state index is 10.8. The second-order valence-corrected chi connectivity index (χ2v) is 5.91. The Labute approximate surface area is 125 Å². The third-order valence-electron chi connectivity index (χ3n) is 4.37. The predicted octanol–water partition coefficient (Wildman–Crippen LogP) is 0.904. The number of aliphatic hydroxyl groups is 1. The molecule has 1 aromatic rings. The van der Waals surface area contributed by atoms with Crippen molar-refractivity contribution in [1.29, 1.82) is 0 Å². The van der Waals surface area contributed by atoms with Gasteiger partial charge in [-0.1, -0.05) is 24.3 Å². The molecule has 114 valence electrons. The topological polar surface area (TPSA) is 79.9 Å². The first-order valence-electron chi connectivity index (χ1n) is 7.63. The Morgan fingerprint density at radius 3 is 3.14 bits per heavy atom. The highest BCUT2D eigenvalue weighted by molar-refractivity contribution is 5.77. The van der Waals surface area contributed by atoms with Crippen molar-refractivity contribution in [3.05, 3.63) is 35.4 Å². The standard InChI is InChI=1S/C16H23N3O2/c17-15(18-10-13-5-3-9-21-13)19-11-16(20)8-7-12-4-1-2-6-14(12)16/h1-2,4,6,13,20H,3,5,7-11H2,(H3,17,18,19). The Morgan fingerprint density at radius 1 is 1.48 bits per heavy atom. The summed E-state index contributed by atoms with van der Waals surface area (Å²) in [6, 6.07) is 8.01. The molecular formula is C16H23N3O2. The third kappa shape index (κ3) is 3.19. The zero-order valence-electron chi connectivity index (χ0n) is 12.2. The summed E-state index contributed by atoms with van der Waals surface area (Å²) in [6.07, 6.45) is 4.01. The van der Waals surface area contributed by atoms with E-state index in [1.165, 1.54) is 5.56 Å². The quantitative estimate of drug-likeness (QED) is 0.568. The second kappa shape index (κ2) is 6.03. The fraction of sp³-hybridized carbons (Fsp3) is 0.562. The normalized spacial score (nSPS) is 28.6. The number of nitrogens with one attached hydrogen (secondary N) is 1. The van der Waals surface area contributed by atoms with Gasteiger partial charge < -0.3 is 20.9 Å². The van der Waals surface area contributed by atoms with Crippen LogP contribution in [0.25, 0.3) is 0 Å². The van der Waals surface area contributed by atoms with Gasteiger partial charge in [-0.05, 0) is 36.8 Å². The molecule has 0 spiro atoms. The molecule has 0 amide bonds. The molecule has 2 unspecified atom stereocenters. The minimum atomic E-state index is -0.882. The van der Waals surface area contributed by atoms with Gasteiger partial charge in [-0.2, -0.15) is 0 Å². The molecule has 1 aliphatic heterocycles. The zero-order valence-corrected chi connectivity index (χ0v) is 12.2. The number of ether oxygens (including phenoxy) is 1. The van der Waals surface area contributed by atoms with Crippen LogP contribution in [0.2, 0.25) is 0 Å². The Kier molecular flexibility index (Phi) is 4.12. The van der Waals surface area contributed by atoms with Crippen LogP contribution in [0.1, 0.15) is 30.4 Å². The Bertz CT molecular complexity index is 526. The molecule has 0 radical (unpaired) electrons. The van der Waals surface area contributed by atoms with Crippen LogP contribution in [0.15, 0.2) is 29.3 Å². The minimum absolute atomic E-state index is 0.231. The summed E-state index contributed by atoms with van der Waals surface area (Å²) < 4.78 is 5.53. The highest BCUT2D eigenvalue weighted by Gasteiger charge is 2.36. The van der Waals surface area contributed by atoms with Gasteiger partial charge >= 0.3 is 0 Å². The van der Waals surface area contributed by atoms with Gasteiger partial charge in [0.1, 0.15) is 5.60 Å². The van der Waals surface area contributed by atoms with Gasteiger partial charge in [-0.3, -0.25) is 4.99 Å². The summed E-state index contributed by atoms with van der Waals surface area (Å²) in [5.41, 5.74) is 7.19. The van der Waals surface area contributed by atoms with E-state index in [4.69, 9.17) is 10.5 Å². The summed E-state index contributed by atoms with van der Waals surface area (Å²) >= 11 is 0. The molecule has 1 aromatic carbocycles. The Hall–Kier alpha value is -1.59. The van der Waals surface area contributed by atoms with Crippen LogP contribution in [0.5, 0.6) is 0 Å². The number of fused-ring (bicyclic) bond motifs is 1. The van der Waals surface area contributed by atoms with Crippen LogP contribution in [-0.4, -0.2) is 36.9 Å². The molecule has 3 rings (SSSR count). The SMILES string of the molecule is NC(=NCC1(O)CCc2ccccc21)NCC1CCCO1. The van der Waals surface area contributed by atoms with Gasteiger partial charge in [0, 0.05) is 13.2 Å². The van der Waals surface area contributed by atoms with Crippen LogP contribution >= 0.6 is 0 Å². The first kappa shape index (κ1) is 14.4. The predicted molar refractivity (Wildman–Crippen MR) is 82.1 cm³/mol. The zero-order chi connectivity index (χ0) is 14.7. The average molecular weight is 289 g/mol. The van der Waals surface area contributed by atoms with Crippen LogP contribution in [0, 0.1) is 0 Å². The van der Waals surface area contributed by atoms with Crippen LogP contribution in [0.4, 0.5) is 0 Å². The van der Waals surface area contributed by atoms with Crippen LogP contribution < -0.4 is 11.1 Å². The van der Waals surface area contributed by atoms with E-state index in [1.807, 2.05) is 18.2 Å². The molecule has 1 saturated heterocycles. The lowest BCUT2D eigenvalue weighted by molar-refractivity contribution is 0.0485. The number of aryl methyl sites for hydroxylation is 1. The molecule has 5 heteroatoms. The lowest BCUT2D eigenvalue weighted by Crippen LogP contribution is -2.38. The Morgan fingerprint density at radius 2 is 2.33 bits per heavy atom. The van der Waals surface area contributed by atoms with Crippen molar-refractivity contribution in [2.24, 2.45) is 10.7 Å². The second-order valence-electron chi connectivity index (χ2n) is 5.91. The third-order valence-corrected chi connectivity index (χ3v) is 4.37. The molecule has 2 aliphatic rings. The van der Waals surface area contributed by atoms with Crippen LogP contribution in [0.3, 0.4) is 0 Å². The van der Waals surface area contributed by atoms with Crippen molar-refractivity contribution in [2.75, 3.05) is 19.7 Å². The monoisotopic (exact) mass is 289 g/mol. The fourth-order valence-electron chi connectivity index (χ4n) is 3.13. The molecule has 1 heterocycles. The van der Waals surface area contributed by atoms with Gasteiger partial charge in [-0.25, -0.2) is 0 Å². The summed E-state index contributed by atoms with van der Waals surface area (Å²) in [5, 5.41) is 13.8. The van der Waals surface area contributed by atoms with E-state index in [1.54, 1.807) is 0 Å². The first-order chi connectivity index (χ1) is 10.2. The van der Waals surface area contributed by atoms with Crippen LogP contribution in [-0.2, 0) is 16.8 Å². The molecule has 0 aromatic heterocycles. The highest BCUT2D eigenvalue weighted by atomic mass is 16.5. The summed E-state index contributed by atoms with van der Waals surface area (Å²) in [5.74, 6) is 0.378. The van der Waals surface area contributed by atoms with Gasteiger partial charge in [0.25, 0.3) is 0 Å². The lowest BCUT2D eigenvalue weighted by atomic mass is 9.96. The molecule has 1 fully saturated rings. The number of nitrogens with two attached hydrogens (primary N) is 1. The lowest BCUT2D eigenvalue weighted by Gasteiger charge is -2.22. The maximum Gasteiger partial charge on any atom is 0.188 e. The minimum Gasteiger partial charge on any atom is -0.383 e. The molecule has 4 N–H and O–H groups in total. The summed E-state index contributed by atoms with van der Waals surface area (Å²) in [7, 11) is 0. The molecule has 5 nitrogen and oxygen atoms in total. The average Bonchev–Trinajstić information content (AvgIpc) is 3.13. The van der Waals surface area contributed by atoms with E-state index in [9.17, 15) is 5.11 Å². The van der Waals surface area contributed by atoms with Gasteiger partial charge in [0.05, 0.1) is 12.6 Å². The van der Waals surface area contributed by atoms with Crippen molar-refractivity contribution in [1.82, 2.24) is 5.32 Å². The number of hydrogen-bond donors (Lipinski definition) is 3. The van der Waals surface area contributed by atoms with Gasteiger partial charge in [0.2, 0.25) is 0 Å². The van der Waals surface area contributed by atoms with E-state index < -0.39 is 5.60 Å². The molecule has 2 atom stereocenters. The maximum absolute atomic E-state index is 10.8. The van der Waals surface area contributed by atoms with E-state index in [0.717, 1.165) is 31.4 Å². The van der Waals surface area contributed by atoms with E-state index in [0.29, 0.717) is 25.5 Å². The number of nitrogens with zero attached hydrogens (tertiary/aromatic N) is 1. The van der Waals surface area contributed by atoms with Crippen molar-refractivity contribution in [3.63, 3.8) is 0 Å². The number of benzene rings is 1. The fourth-order valence-corrected chi connectivity index (χ4v) is 3.13. The van der Waals surface area contributed by atoms with E-state index >= 15 is 0 Å². The van der Waals surface area contributed by atoms with Gasteiger partial charge in [0.15, 0.2) is 5.96 Å². The number of rotatable bonds is 4. The molecule has 0 saturated carbocycles. The van der Waals surface area contributed by atoms with Crippen molar-refractivity contribution < 1.29 is 9.84 Å². The number of guanidine groups is 1. The largest absolute Gasteiger partial charge is 0.383 e. The smallest absolute Gasteiger partial charge is 0.188 e. The van der Waals surface area contributed by atoms with Crippen molar-refractivity contribution in [3.8, 4) is 0 Å². The van der Waals surface area contributed by atoms with E-state index in [-0.39, 0.29) is 6.10 Å². The first-order valence-corrected chi connectivity index (χ1v) is 7.63. The number of aliphatic imine (C=N–C) groups is 1. The van der Waals surface area contributed by atoms with Gasteiger partial charge in [-0.15, -0.1) is 0 Å². The molecule has 1 aliphatic carbocycles. The number of hydrogen-bond acceptors (Lipinski definition) is 3. The molecule has 0 bridgehead atoms. The summed E-state index contributed by atoms with van der Waals surface area (Å²) in [6.45, 7) is 1.82. The highest BCUT2D eigenvalue weighted by Crippen LogP contribution is 2.36. The van der Waals surface area contributed by atoms with E-state index in [2.05, 4.69) is 16.4 Å². The molecular weight excluding hydrogens is 266 g/mol. The Balaban J connectivity index is 1.57. The van der Waals surface area contributed by atoms with Crippen molar-refractivity contribution in [2.45, 2.75) is 37.4 Å². The van der Waals surface area contributed by atoms with Crippen molar-refractivity contribution >= 4 is 5.96 Å². The summed E-state index contributed by atoms with van der Waals surface area (Å²) in [4.78, 5) is 4.32.